The summed E-state index contributed by atoms with van der Waals surface area (Å²) in [4.78, 5) is 143. The number of para-hydroxylation sites is 3. The minimum atomic E-state index is -4.14. The number of sulfonamides is 2. The second kappa shape index (κ2) is 49.2. The van der Waals surface area contributed by atoms with Gasteiger partial charge in [0, 0.05) is 20.1 Å². The predicted octanol–water partition coefficient (Wildman–Crippen LogP) is 21.2. The van der Waals surface area contributed by atoms with Crippen LogP contribution in [0, 0.1) is 0 Å². The van der Waals surface area contributed by atoms with Crippen LogP contribution in [0.3, 0.4) is 0 Å². The Kier molecular flexibility index (Phi) is 38.3. The van der Waals surface area contributed by atoms with Gasteiger partial charge in [-0.2, -0.15) is 8.42 Å². The van der Waals surface area contributed by atoms with Gasteiger partial charge in [0.15, 0.2) is 17.5 Å². The number of rotatable bonds is 46. The Bertz CT molecular complexity index is 5550. The van der Waals surface area contributed by atoms with E-state index in [0.717, 1.165) is 67.0 Å². The Morgan fingerprint density at radius 3 is 1.25 bits per heavy atom. The molecule has 6 aromatic carbocycles. The van der Waals surface area contributed by atoms with Crippen LogP contribution < -0.4 is 29.9 Å². The number of likely N-dealkylation sites (N-methyl/N-ethyl adjacent to an activating group) is 2. The van der Waals surface area contributed by atoms with Gasteiger partial charge < -0.3 is 38.1 Å². The highest BCUT2D eigenvalue weighted by atomic mass is 35.5. The average Bonchev–Trinajstić information content (AvgIpc) is 1.53. The number of halogens is 2. The molecule has 0 bridgehead atoms. The van der Waals surface area contributed by atoms with Crippen molar-refractivity contribution in [2.75, 3.05) is 60.6 Å². The quantitative estimate of drug-likeness (QED) is 0.0194. The molecule has 0 aliphatic carbocycles. The number of hydrogen-bond acceptors (Lipinski definition) is 24. The largest absolute Gasteiger partial charge is 0.495 e. The van der Waals surface area contributed by atoms with Gasteiger partial charge >= 0.3 is 36.2 Å². The second-order valence-electron chi connectivity index (χ2n) is 32.8. The number of fused-ring (bicyclic) bond motifs is 3. The molecule has 1 aromatic heterocycles. The number of hydrogen-bond donors (Lipinski definition) is 0. The SMILES string of the molecule is CCCCCCCCCCCCCCOC(=O)c1ccc(OC)c(N2C(=O)OC(c3nc4ccccc4c(=O)n3C(C)C)C2=O)c1.CCCCCCCCCCCCOC(=O)c1ccc(Cl)c(N2C(=O)OC(C3=NS(=O)(=O)c4ccccc4N3C)C2=O)c1.CCCCCCCCCCCCOC(=O)c1ccc(Cl)c(N2C(=O)OC(C3=Nc4ccccc4S(=O)(=O)N3C)C2=O)c1. The molecule has 34 heteroatoms. The Morgan fingerprint density at radius 2 is 0.800 bits per heavy atom. The van der Waals surface area contributed by atoms with Crippen molar-refractivity contribution in [3.05, 3.63) is 170 Å². The lowest BCUT2D eigenvalue weighted by Crippen LogP contribution is -2.46. The van der Waals surface area contributed by atoms with Crippen molar-refractivity contribution in [1.82, 2.24) is 13.9 Å². The van der Waals surface area contributed by atoms with Crippen LogP contribution in [0.5, 0.6) is 5.75 Å². The molecular weight excluding hydrogens is 1750 g/mol. The molecule has 0 radical (unpaired) electrons. The molecule has 3 saturated heterocycles. The summed E-state index contributed by atoms with van der Waals surface area (Å²) in [7, 11) is -4.01. The van der Waals surface area contributed by atoms with Gasteiger partial charge in [0.05, 0.1) is 93.0 Å². The van der Waals surface area contributed by atoms with Gasteiger partial charge in [-0.25, -0.2) is 61.9 Å². The summed E-state index contributed by atoms with van der Waals surface area (Å²) in [5, 5.41) is 0.429. The van der Waals surface area contributed by atoms with Crippen molar-refractivity contribution in [2.45, 2.75) is 274 Å². The number of unbranched alkanes of at least 4 members (excludes halogenated alkanes) is 29. The number of esters is 3. The first-order chi connectivity index (χ1) is 62.6. The first-order valence-electron chi connectivity index (χ1n) is 45.4. The summed E-state index contributed by atoms with van der Waals surface area (Å²) in [5.41, 5.74) is 0.720. The summed E-state index contributed by atoms with van der Waals surface area (Å²) in [5.74, 6) is -4.63. The maximum absolute atomic E-state index is 13.8. The van der Waals surface area contributed by atoms with E-state index in [9.17, 15) is 64.8 Å². The summed E-state index contributed by atoms with van der Waals surface area (Å²) in [6.45, 7) is 11.0. The molecule has 5 aliphatic heterocycles. The molecule has 7 aromatic rings. The lowest BCUT2D eigenvalue weighted by Gasteiger charge is -2.28. The number of aliphatic imine (C=N–C) groups is 1. The number of methoxy groups -OCH3 is 1. The van der Waals surface area contributed by atoms with Crippen molar-refractivity contribution < 1.29 is 93.1 Å². The fraction of sp³-hybridized carbons (Fsp3) is 0.490. The number of cyclic esters (lactones) is 3. The molecule has 3 unspecified atom stereocenters. The molecule has 6 amide bonds. The highest BCUT2D eigenvalue weighted by Crippen LogP contribution is 2.42. The third-order valence-electron chi connectivity index (χ3n) is 22.9. The van der Waals surface area contributed by atoms with Crippen LogP contribution in [-0.4, -0.2) is 150 Å². The Labute approximate surface area is 770 Å². The number of benzene rings is 6. The lowest BCUT2D eigenvalue weighted by atomic mass is 10.1. The number of nitrogens with zero attached hydrogens (tertiary/aromatic N) is 9. The Balaban J connectivity index is 0.000000203. The first kappa shape index (κ1) is 101. The van der Waals surface area contributed by atoms with Crippen LogP contribution >= 0.6 is 23.2 Å². The maximum Gasteiger partial charge on any atom is 0.422 e. The number of amidine groups is 2. The van der Waals surface area contributed by atoms with Crippen LogP contribution in [0.15, 0.2) is 151 Å². The van der Waals surface area contributed by atoms with E-state index in [1.54, 1.807) is 68.4 Å². The van der Waals surface area contributed by atoms with Gasteiger partial charge in [0.1, 0.15) is 15.5 Å². The van der Waals surface area contributed by atoms with Crippen LogP contribution in [0.1, 0.15) is 289 Å². The monoisotopic (exact) mass is 1870 g/mol. The summed E-state index contributed by atoms with van der Waals surface area (Å²) >= 11 is 12.6. The van der Waals surface area contributed by atoms with Crippen LogP contribution in [0.25, 0.3) is 10.9 Å². The van der Waals surface area contributed by atoms with Crippen molar-refractivity contribution in [3.63, 3.8) is 0 Å². The highest BCUT2D eigenvalue weighted by Gasteiger charge is 2.52. The molecule has 3 atom stereocenters. The number of aromatic nitrogens is 2. The minimum Gasteiger partial charge on any atom is -0.495 e. The van der Waals surface area contributed by atoms with Gasteiger partial charge in [-0.05, 0) is 124 Å². The molecular formula is C96H119Cl2N9O21S2. The fourth-order valence-corrected chi connectivity index (χ4v) is 18.7. The van der Waals surface area contributed by atoms with Gasteiger partial charge in [0.25, 0.3) is 43.3 Å². The number of amides is 6. The van der Waals surface area contributed by atoms with Gasteiger partial charge in [-0.15, -0.1) is 4.40 Å². The van der Waals surface area contributed by atoms with Crippen molar-refractivity contribution in [2.24, 2.45) is 9.39 Å². The van der Waals surface area contributed by atoms with E-state index < -0.39 is 92.3 Å². The molecule has 700 valence electrons. The van der Waals surface area contributed by atoms with E-state index in [2.05, 4.69) is 35.1 Å². The molecule has 0 N–H and O–H groups in total. The number of ether oxygens (including phenoxy) is 7. The van der Waals surface area contributed by atoms with E-state index >= 15 is 0 Å². The van der Waals surface area contributed by atoms with E-state index in [1.165, 1.54) is 251 Å². The predicted molar refractivity (Wildman–Crippen MR) is 498 cm³/mol. The van der Waals surface area contributed by atoms with E-state index in [1.807, 2.05) is 0 Å². The Morgan fingerprint density at radius 1 is 0.431 bits per heavy atom. The molecule has 0 saturated carbocycles. The van der Waals surface area contributed by atoms with Crippen LogP contribution in [0.2, 0.25) is 10.0 Å². The molecule has 3 fully saturated rings. The van der Waals surface area contributed by atoms with Gasteiger partial charge in [0.2, 0.25) is 18.3 Å². The summed E-state index contributed by atoms with van der Waals surface area (Å²) < 4.78 is 95.3. The second-order valence-corrected chi connectivity index (χ2v) is 37.1. The third-order valence-corrected chi connectivity index (χ3v) is 26.7. The minimum absolute atomic E-state index is 0.0177. The van der Waals surface area contributed by atoms with Gasteiger partial charge in [-0.1, -0.05) is 267 Å². The number of carbonyl (C=O) groups excluding carboxylic acids is 9. The Hall–Kier alpha value is -11.1. The topological polar surface area (TPSA) is 362 Å². The van der Waals surface area contributed by atoms with Crippen LogP contribution in [0.4, 0.5) is 42.8 Å². The molecule has 30 nitrogen and oxygen atoms in total. The van der Waals surface area contributed by atoms with Crippen molar-refractivity contribution >= 4 is 148 Å². The standard InChI is InChI=1S/C36H47N3O7.2C30H36ClN3O7S/c1-5-6-7-8-9-10-11-12-13-14-15-18-23-45-35(42)26-21-22-30(44-4)29(24-26)39-34(41)31(46-36(39)43)32-37-28-20-17-16-19-27(28)33(40)38(32)25(2)3;1-3-4-5-6-7-8-9-10-11-14-19-40-29(36)21-17-18-22(31)24(20-21)34-28(35)26(41-30(34)37)27-32-42(38,39)25-16-13-12-15-23(25)33(27)2;1-3-4-5-6-7-8-9-10-11-14-19-40-29(36)21-17-18-22(31)24(20-21)34-28(35)26(41-30(34)37)27-32-23-15-12-13-16-25(23)42(38,39)33(27)2/h16-17,19-22,24-25,31H,5-15,18,23H2,1-4H3;2*12-13,15-18,20,26H,3-11,14,19H2,1-2H3. The zero-order chi connectivity index (χ0) is 93.6. The normalized spacial score (nSPS) is 16.6. The zero-order valence-electron chi connectivity index (χ0n) is 75.4. The van der Waals surface area contributed by atoms with Crippen molar-refractivity contribution in [3.8, 4) is 5.75 Å². The number of carbonyl (C=O) groups is 9. The molecule has 0 spiro atoms. The first-order valence-corrected chi connectivity index (χ1v) is 49.0. The number of imide groups is 3. The highest BCUT2D eigenvalue weighted by molar-refractivity contribution is 7.90. The fourth-order valence-electron chi connectivity index (χ4n) is 15.7. The smallest absolute Gasteiger partial charge is 0.422 e. The molecule has 130 heavy (non-hydrogen) atoms. The number of anilines is 4. The molecule has 5 aliphatic rings. The summed E-state index contributed by atoms with van der Waals surface area (Å²) in [6.07, 6.45) is 29.9. The molecule has 12 rings (SSSR count). The van der Waals surface area contributed by atoms with Gasteiger partial charge in [-0.3, -0.25) is 28.1 Å². The van der Waals surface area contributed by atoms with Crippen LogP contribution in [-0.2, 0) is 62.9 Å². The molecule has 6 heterocycles. The maximum atomic E-state index is 13.8. The third kappa shape index (κ3) is 25.8. The van der Waals surface area contributed by atoms with E-state index in [4.69, 9.17) is 56.4 Å². The van der Waals surface area contributed by atoms with E-state index in [-0.39, 0.29) is 120 Å². The average molecular weight is 1870 g/mol. The van der Waals surface area contributed by atoms with Crippen molar-refractivity contribution in [1.29, 1.82) is 0 Å². The zero-order valence-corrected chi connectivity index (χ0v) is 78.5. The lowest BCUT2D eigenvalue weighted by molar-refractivity contribution is -0.122. The van der Waals surface area contributed by atoms with E-state index in [0.29, 0.717) is 20.7 Å². The summed E-state index contributed by atoms with van der Waals surface area (Å²) in [6, 6.07) is 31.3.